The summed E-state index contributed by atoms with van der Waals surface area (Å²) < 4.78 is 0. The van der Waals surface area contributed by atoms with Crippen LogP contribution in [0.1, 0.15) is 50.8 Å². The van der Waals surface area contributed by atoms with Crippen molar-refractivity contribution in [2.45, 2.75) is 25.8 Å². The monoisotopic (exact) mass is 275 g/mol. The molecule has 0 bridgehead atoms. The fraction of sp³-hybridized carbons (Fsp3) is 0.286. The van der Waals surface area contributed by atoms with Gasteiger partial charge in [-0.3, -0.25) is 24.1 Å². The van der Waals surface area contributed by atoms with Crippen LogP contribution in [0.15, 0.2) is 18.2 Å². The molecule has 0 aliphatic carbocycles. The molecule has 1 unspecified atom stereocenters. The summed E-state index contributed by atoms with van der Waals surface area (Å²) in [6.45, 7) is 1.72. The fourth-order valence-corrected chi connectivity index (χ4v) is 2.30. The zero-order valence-electron chi connectivity index (χ0n) is 10.8. The Morgan fingerprint density at radius 3 is 2.50 bits per heavy atom. The molecule has 1 aliphatic rings. The Bertz CT molecular complexity index is 608. The van der Waals surface area contributed by atoms with Crippen LogP contribution in [0.3, 0.4) is 0 Å². The van der Waals surface area contributed by atoms with E-state index in [-0.39, 0.29) is 17.5 Å². The summed E-state index contributed by atoms with van der Waals surface area (Å²) in [5, 5.41) is 8.85. The standard InChI is InChI=1S/C14H13NO5/c1-2-9(6-12(17)18)15-13(19)10-4-3-8(7-16)5-11(10)14(15)20/h3-5,7,9H,2,6H2,1H3,(H,17,18). The lowest BCUT2D eigenvalue weighted by Crippen LogP contribution is -2.40. The number of carbonyl (C=O) groups is 4. The number of carboxylic acids is 1. The number of carbonyl (C=O) groups excluding carboxylic acids is 3. The predicted molar refractivity (Wildman–Crippen MR) is 68.7 cm³/mol. The molecular formula is C14H13NO5. The van der Waals surface area contributed by atoms with Gasteiger partial charge in [0.05, 0.1) is 23.6 Å². The van der Waals surface area contributed by atoms with Crippen molar-refractivity contribution in [2.75, 3.05) is 0 Å². The minimum absolute atomic E-state index is 0.156. The highest BCUT2D eigenvalue weighted by Gasteiger charge is 2.40. The van der Waals surface area contributed by atoms with E-state index in [1.807, 2.05) is 0 Å². The van der Waals surface area contributed by atoms with E-state index in [0.29, 0.717) is 18.3 Å². The molecule has 2 rings (SSSR count). The van der Waals surface area contributed by atoms with Crippen LogP contribution < -0.4 is 0 Å². The zero-order chi connectivity index (χ0) is 14.9. The highest BCUT2D eigenvalue weighted by atomic mass is 16.4. The zero-order valence-corrected chi connectivity index (χ0v) is 10.8. The van der Waals surface area contributed by atoms with Crippen LogP contribution in [-0.4, -0.2) is 40.1 Å². The maximum Gasteiger partial charge on any atom is 0.305 e. The minimum Gasteiger partial charge on any atom is -0.481 e. The van der Waals surface area contributed by atoms with Gasteiger partial charge in [-0.1, -0.05) is 13.0 Å². The summed E-state index contributed by atoms with van der Waals surface area (Å²) in [5.41, 5.74) is 0.672. The van der Waals surface area contributed by atoms with Gasteiger partial charge in [0, 0.05) is 5.56 Å². The third-order valence-electron chi connectivity index (χ3n) is 3.32. The number of benzene rings is 1. The van der Waals surface area contributed by atoms with Crippen LogP contribution in [-0.2, 0) is 4.79 Å². The maximum absolute atomic E-state index is 12.3. The summed E-state index contributed by atoms with van der Waals surface area (Å²) in [6.07, 6.45) is 0.663. The van der Waals surface area contributed by atoms with Gasteiger partial charge in [-0.25, -0.2) is 0 Å². The Labute approximate surface area is 115 Å². The largest absolute Gasteiger partial charge is 0.481 e. The molecule has 1 aromatic carbocycles. The number of hydrogen-bond acceptors (Lipinski definition) is 4. The molecule has 0 fully saturated rings. The molecule has 2 amide bonds. The number of carboxylic acid groups (broad SMARTS) is 1. The summed E-state index contributed by atoms with van der Waals surface area (Å²) >= 11 is 0. The quantitative estimate of drug-likeness (QED) is 0.647. The van der Waals surface area contributed by atoms with Crippen LogP contribution in [0.4, 0.5) is 0 Å². The van der Waals surface area contributed by atoms with E-state index in [9.17, 15) is 19.2 Å². The Balaban J connectivity index is 2.40. The number of aldehydes is 1. The molecule has 1 atom stereocenters. The number of nitrogens with zero attached hydrogens (tertiary/aromatic N) is 1. The van der Waals surface area contributed by atoms with E-state index in [1.54, 1.807) is 6.92 Å². The number of amides is 2. The van der Waals surface area contributed by atoms with Gasteiger partial charge in [0.1, 0.15) is 6.29 Å². The molecule has 6 nitrogen and oxygen atoms in total. The molecule has 1 heterocycles. The van der Waals surface area contributed by atoms with Crippen molar-refractivity contribution in [3.63, 3.8) is 0 Å². The normalized spacial score (nSPS) is 15.2. The molecule has 6 heteroatoms. The SMILES string of the molecule is CCC(CC(=O)O)N1C(=O)c2ccc(C=O)cc2C1=O. The first-order valence-corrected chi connectivity index (χ1v) is 6.18. The van der Waals surface area contributed by atoms with Crippen LogP contribution >= 0.6 is 0 Å². The Kier molecular flexibility index (Phi) is 3.65. The van der Waals surface area contributed by atoms with E-state index in [1.165, 1.54) is 18.2 Å². The van der Waals surface area contributed by atoms with Gasteiger partial charge in [0.25, 0.3) is 11.8 Å². The van der Waals surface area contributed by atoms with Crippen molar-refractivity contribution in [3.05, 3.63) is 34.9 Å². The Morgan fingerprint density at radius 1 is 1.30 bits per heavy atom. The average Bonchev–Trinajstić information content (AvgIpc) is 2.68. The number of rotatable bonds is 5. The molecule has 1 aliphatic heterocycles. The lowest BCUT2D eigenvalue weighted by molar-refractivity contribution is -0.138. The molecule has 1 N–H and O–H groups in total. The van der Waals surface area contributed by atoms with Crippen molar-refractivity contribution >= 4 is 24.1 Å². The third-order valence-corrected chi connectivity index (χ3v) is 3.32. The molecule has 0 radical (unpaired) electrons. The van der Waals surface area contributed by atoms with Gasteiger partial charge in [0.15, 0.2) is 0 Å². The van der Waals surface area contributed by atoms with E-state index in [4.69, 9.17) is 5.11 Å². The van der Waals surface area contributed by atoms with E-state index >= 15 is 0 Å². The topological polar surface area (TPSA) is 91.8 Å². The van der Waals surface area contributed by atoms with Crippen LogP contribution in [0, 0.1) is 0 Å². The highest BCUT2D eigenvalue weighted by Crippen LogP contribution is 2.27. The van der Waals surface area contributed by atoms with Crippen molar-refractivity contribution < 1.29 is 24.3 Å². The van der Waals surface area contributed by atoms with E-state index < -0.39 is 23.8 Å². The number of imide groups is 1. The van der Waals surface area contributed by atoms with Gasteiger partial charge in [-0.15, -0.1) is 0 Å². The smallest absolute Gasteiger partial charge is 0.305 e. The third kappa shape index (κ3) is 2.20. The number of fused-ring (bicyclic) bond motifs is 1. The van der Waals surface area contributed by atoms with Crippen LogP contribution in [0.25, 0.3) is 0 Å². The van der Waals surface area contributed by atoms with Gasteiger partial charge >= 0.3 is 5.97 Å². The van der Waals surface area contributed by atoms with E-state index in [2.05, 4.69) is 0 Å². The summed E-state index contributed by atoms with van der Waals surface area (Å²) in [4.78, 5) is 47.0. The van der Waals surface area contributed by atoms with Gasteiger partial charge in [-0.05, 0) is 18.6 Å². The van der Waals surface area contributed by atoms with Crippen molar-refractivity contribution in [1.29, 1.82) is 0 Å². The summed E-state index contributed by atoms with van der Waals surface area (Å²) in [5.74, 6) is -2.11. The van der Waals surface area contributed by atoms with Crippen molar-refractivity contribution in [2.24, 2.45) is 0 Å². The molecule has 1 aromatic rings. The number of aliphatic carboxylic acids is 1. The molecule has 20 heavy (non-hydrogen) atoms. The second kappa shape index (κ2) is 5.24. The fourth-order valence-electron chi connectivity index (χ4n) is 2.30. The van der Waals surface area contributed by atoms with Gasteiger partial charge in [-0.2, -0.15) is 0 Å². The lowest BCUT2D eigenvalue weighted by atomic mass is 10.1. The summed E-state index contributed by atoms with van der Waals surface area (Å²) in [6, 6.07) is 3.56. The second-order valence-corrected chi connectivity index (χ2v) is 4.56. The molecule has 104 valence electrons. The Hall–Kier alpha value is -2.50. The van der Waals surface area contributed by atoms with Crippen LogP contribution in [0.5, 0.6) is 0 Å². The predicted octanol–water partition coefficient (Wildman–Crippen LogP) is 1.35. The first kappa shape index (κ1) is 13.9. The lowest BCUT2D eigenvalue weighted by Gasteiger charge is -2.23. The molecule has 0 aromatic heterocycles. The van der Waals surface area contributed by atoms with Crippen molar-refractivity contribution in [1.82, 2.24) is 4.90 Å². The molecule has 0 spiro atoms. The maximum atomic E-state index is 12.3. The second-order valence-electron chi connectivity index (χ2n) is 4.56. The highest BCUT2D eigenvalue weighted by molar-refractivity contribution is 6.22. The Morgan fingerprint density at radius 2 is 1.95 bits per heavy atom. The minimum atomic E-state index is -1.07. The first-order chi connectivity index (χ1) is 9.49. The molecule has 0 saturated carbocycles. The van der Waals surface area contributed by atoms with Crippen LogP contribution in [0.2, 0.25) is 0 Å². The van der Waals surface area contributed by atoms with Crippen molar-refractivity contribution in [3.8, 4) is 0 Å². The number of hydrogen-bond donors (Lipinski definition) is 1. The van der Waals surface area contributed by atoms with Gasteiger partial charge < -0.3 is 5.11 Å². The molecule has 0 saturated heterocycles. The first-order valence-electron chi connectivity index (χ1n) is 6.18. The summed E-state index contributed by atoms with van der Waals surface area (Å²) in [7, 11) is 0. The van der Waals surface area contributed by atoms with Gasteiger partial charge in [0.2, 0.25) is 0 Å². The van der Waals surface area contributed by atoms with E-state index in [0.717, 1.165) is 4.90 Å². The average molecular weight is 275 g/mol. The molecular weight excluding hydrogens is 262 g/mol.